The maximum atomic E-state index is 13.9. The van der Waals surface area contributed by atoms with Crippen molar-refractivity contribution in [1.82, 2.24) is 9.97 Å². The molecule has 0 fully saturated rings. The average Bonchev–Trinajstić information content (AvgIpc) is 2.53. The van der Waals surface area contributed by atoms with Crippen LogP contribution in [-0.4, -0.2) is 45.6 Å². The van der Waals surface area contributed by atoms with Gasteiger partial charge < -0.3 is 0 Å². The monoisotopic (exact) mass is 458 g/mol. The van der Waals surface area contributed by atoms with Crippen molar-refractivity contribution in [2.75, 3.05) is 5.75 Å². The van der Waals surface area contributed by atoms with Crippen LogP contribution >= 0.6 is 11.8 Å². The highest BCUT2D eigenvalue weighted by Crippen LogP contribution is 2.61. The van der Waals surface area contributed by atoms with E-state index >= 15 is 0 Å². The van der Waals surface area contributed by atoms with E-state index in [1.54, 1.807) is 0 Å². The van der Waals surface area contributed by atoms with Crippen LogP contribution in [0.15, 0.2) is 17.4 Å². The normalized spacial score (nSPS) is 15.1. The van der Waals surface area contributed by atoms with Gasteiger partial charge in [-0.2, -0.15) is 57.1 Å². The van der Waals surface area contributed by atoms with Gasteiger partial charge in [-0.05, 0) is 11.8 Å². The Hall–Kier alpha value is -1.48. The summed E-state index contributed by atoms with van der Waals surface area (Å²) in [5, 5.41) is -0.689. The van der Waals surface area contributed by atoms with Gasteiger partial charge in [0, 0.05) is 6.20 Å². The quantitative estimate of drug-likeness (QED) is 0.294. The lowest BCUT2D eigenvalue weighted by Crippen LogP contribution is -2.69. The summed E-state index contributed by atoms with van der Waals surface area (Å²) in [6.07, 6.45) is -7.09. The maximum absolute atomic E-state index is 13.9. The van der Waals surface area contributed by atoms with E-state index in [0.717, 1.165) is 0 Å². The van der Waals surface area contributed by atoms with Crippen molar-refractivity contribution >= 4 is 11.8 Å². The third-order valence-electron chi connectivity index (χ3n) is 3.16. The molecular weight excluding hydrogens is 451 g/mol. The molecule has 2 nitrogen and oxygen atoms in total. The number of alkyl halides is 13. The first-order valence-corrected chi connectivity index (χ1v) is 7.69. The lowest BCUT2D eigenvalue weighted by atomic mass is 9.92. The highest BCUT2D eigenvalue weighted by Gasteiger charge is 2.91. The van der Waals surface area contributed by atoms with Crippen molar-refractivity contribution in [3.63, 3.8) is 0 Å². The summed E-state index contributed by atoms with van der Waals surface area (Å²) in [6, 6.07) is -0.107. The molecule has 0 unspecified atom stereocenters. The number of halogens is 13. The molecule has 0 radical (unpaired) electrons. The highest BCUT2D eigenvalue weighted by molar-refractivity contribution is 7.99. The lowest BCUT2D eigenvalue weighted by molar-refractivity contribution is -0.442. The van der Waals surface area contributed by atoms with Crippen LogP contribution in [0.4, 0.5) is 57.1 Å². The Morgan fingerprint density at radius 3 is 1.64 bits per heavy atom. The minimum atomic E-state index is -7.93. The fourth-order valence-corrected chi connectivity index (χ4v) is 2.20. The summed E-state index contributed by atoms with van der Waals surface area (Å²) in [5.41, 5.74) is -2.28. The number of hydrogen-bond acceptors (Lipinski definition) is 3. The van der Waals surface area contributed by atoms with Gasteiger partial charge in [0.25, 0.3) is 0 Å². The van der Waals surface area contributed by atoms with Crippen molar-refractivity contribution in [3.8, 4) is 0 Å². The minimum Gasteiger partial charge on any atom is -0.231 e. The Balaban J connectivity index is 3.55. The molecule has 0 bridgehead atoms. The molecule has 1 aromatic heterocycles. The second kappa shape index (κ2) is 7.09. The van der Waals surface area contributed by atoms with Crippen molar-refractivity contribution < 1.29 is 57.1 Å². The molecule has 1 rings (SSSR count). The van der Waals surface area contributed by atoms with E-state index in [2.05, 4.69) is 9.97 Å². The van der Waals surface area contributed by atoms with Gasteiger partial charge in [0.15, 0.2) is 5.16 Å². The van der Waals surface area contributed by atoms with E-state index in [4.69, 9.17) is 0 Å². The van der Waals surface area contributed by atoms with E-state index in [1.165, 1.54) is 6.92 Å². The van der Waals surface area contributed by atoms with E-state index in [-0.39, 0.29) is 11.8 Å². The largest absolute Gasteiger partial charge is 0.460 e. The van der Waals surface area contributed by atoms with Gasteiger partial charge >= 0.3 is 35.8 Å². The molecule has 0 aromatic carbocycles. The summed E-state index contributed by atoms with van der Waals surface area (Å²) in [4.78, 5) is 6.02. The van der Waals surface area contributed by atoms with Gasteiger partial charge in [0.05, 0.1) is 0 Å². The zero-order valence-electron chi connectivity index (χ0n) is 13.1. The Morgan fingerprint density at radius 1 is 0.750 bits per heavy atom. The molecule has 0 amide bonds. The maximum Gasteiger partial charge on any atom is 0.460 e. The van der Waals surface area contributed by atoms with E-state index in [0.29, 0.717) is 18.0 Å². The van der Waals surface area contributed by atoms with Crippen LogP contribution in [-0.2, 0) is 5.92 Å². The lowest BCUT2D eigenvalue weighted by Gasteiger charge is -2.39. The third kappa shape index (κ3) is 3.47. The Morgan fingerprint density at radius 2 is 1.21 bits per heavy atom. The van der Waals surface area contributed by atoms with Crippen LogP contribution in [0.1, 0.15) is 12.6 Å². The number of hydrogen-bond donors (Lipinski definition) is 0. The zero-order chi connectivity index (χ0) is 22.4. The first-order valence-electron chi connectivity index (χ1n) is 6.71. The first-order chi connectivity index (χ1) is 12.3. The van der Waals surface area contributed by atoms with E-state index < -0.39 is 46.6 Å². The van der Waals surface area contributed by atoms with Gasteiger partial charge in [-0.3, -0.25) is 0 Å². The smallest absolute Gasteiger partial charge is 0.231 e. The number of rotatable bonds is 7. The number of nitrogens with zero attached hydrogens (tertiary/aromatic N) is 2. The summed E-state index contributed by atoms with van der Waals surface area (Å²) in [7, 11) is 0. The number of aromatic nitrogens is 2. The molecular formula is C12H7F13N2S. The van der Waals surface area contributed by atoms with Crippen molar-refractivity contribution in [2.24, 2.45) is 0 Å². The topological polar surface area (TPSA) is 25.8 Å². The van der Waals surface area contributed by atoms with Crippen LogP contribution in [0.25, 0.3) is 0 Å². The zero-order valence-corrected chi connectivity index (χ0v) is 13.9. The first kappa shape index (κ1) is 24.6. The standard InChI is InChI=1S/C12H7F13N2S/c1-2-28-6-26-4-3-5(27-6)7(13,14)8(15,16)9(17,18)10(19,20)11(21,22)12(23,24)25/h3-4H,2H2,1H3. The van der Waals surface area contributed by atoms with Crippen LogP contribution in [0.5, 0.6) is 0 Å². The second-order valence-corrected chi connectivity index (χ2v) is 6.26. The van der Waals surface area contributed by atoms with Gasteiger partial charge in [0.1, 0.15) is 5.69 Å². The molecule has 0 aliphatic carbocycles. The van der Waals surface area contributed by atoms with Crippen molar-refractivity contribution in [3.05, 3.63) is 18.0 Å². The summed E-state index contributed by atoms with van der Waals surface area (Å²) < 4.78 is 170. The molecule has 0 atom stereocenters. The summed E-state index contributed by atoms with van der Waals surface area (Å²) in [6.45, 7) is 1.40. The predicted octanol–water partition coefficient (Wildman–Crippen LogP) is 5.78. The fraction of sp³-hybridized carbons (Fsp3) is 0.667. The van der Waals surface area contributed by atoms with Gasteiger partial charge in [-0.15, -0.1) is 0 Å². The second-order valence-electron chi connectivity index (χ2n) is 5.03. The third-order valence-corrected chi connectivity index (χ3v) is 3.91. The summed E-state index contributed by atoms with van der Waals surface area (Å²) >= 11 is 0.532. The van der Waals surface area contributed by atoms with E-state index in [1.807, 2.05) is 0 Å². The van der Waals surface area contributed by atoms with Crippen LogP contribution < -0.4 is 0 Å². The Bertz CT molecular complexity index is 701. The number of thioether (sulfide) groups is 1. The summed E-state index contributed by atoms with van der Waals surface area (Å²) in [5.74, 6) is -37.2. The predicted molar refractivity (Wildman–Crippen MR) is 68.2 cm³/mol. The van der Waals surface area contributed by atoms with Crippen LogP contribution in [0.2, 0.25) is 0 Å². The van der Waals surface area contributed by atoms with Crippen molar-refractivity contribution in [2.45, 2.75) is 47.9 Å². The van der Waals surface area contributed by atoms with Crippen LogP contribution in [0.3, 0.4) is 0 Å². The molecule has 1 heterocycles. The van der Waals surface area contributed by atoms with E-state index in [9.17, 15) is 57.1 Å². The molecule has 0 aliphatic heterocycles. The molecule has 0 saturated heterocycles. The molecule has 16 heteroatoms. The molecule has 1 aromatic rings. The molecule has 0 saturated carbocycles. The fourth-order valence-electron chi connectivity index (χ4n) is 1.64. The molecule has 0 aliphatic rings. The van der Waals surface area contributed by atoms with Gasteiger partial charge in [-0.25, -0.2) is 9.97 Å². The SMILES string of the molecule is CCSc1nccc(C(F)(F)C(F)(F)C(F)(F)C(F)(F)C(F)(F)C(F)(F)F)n1. The molecule has 0 N–H and O–H groups in total. The van der Waals surface area contributed by atoms with Crippen LogP contribution in [0, 0.1) is 0 Å². The minimum absolute atomic E-state index is 0.0669. The average molecular weight is 458 g/mol. The molecule has 28 heavy (non-hydrogen) atoms. The van der Waals surface area contributed by atoms with Gasteiger partial charge in [-0.1, -0.05) is 18.7 Å². The molecule has 162 valence electrons. The van der Waals surface area contributed by atoms with Crippen molar-refractivity contribution in [1.29, 1.82) is 0 Å². The van der Waals surface area contributed by atoms with Gasteiger partial charge in [0.2, 0.25) is 0 Å². The molecule has 0 spiro atoms. The Labute approximate surface area is 151 Å². The highest BCUT2D eigenvalue weighted by atomic mass is 32.2. The Kier molecular flexibility index (Phi) is 6.22.